The van der Waals surface area contributed by atoms with Gasteiger partial charge in [0.25, 0.3) is 0 Å². The molecule has 0 aliphatic heterocycles. The molecule has 0 atom stereocenters. The highest BCUT2D eigenvalue weighted by Crippen LogP contribution is 2.41. The van der Waals surface area contributed by atoms with Crippen LogP contribution < -0.4 is 0 Å². The van der Waals surface area contributed by atoms with E-state index in [0.29, 0.717) is 18.2 Å². The number of para-hydroxylation sites is 1. The fourth-order valence-corrected chi connectivity index (χ4v) is 7.93. The van der Waals surface area contributed by atoms with Crippen molar-refractivity contribution >= 4 is 63.0 Å². The summed E-state index contributed by atoms with van der Waals surface area (Å²) in [5.74, 6) is 1.06. The second-order valence-corrected chi connectivity index (χ2v) is 14.4. The molecule has 0 aliphatic carbocycles. The average molecular weight is 757 g/mol. The SMILES string of the molecule is C=Cc1c(C=C)c2cccc(-c3cc(C(=NCc4ccccc4)N=C(N=C)c4ccccc4)cc(-c4ccc(-c5ccc6ccccc6n5)cc4)c3)c2c2ccccc12. The topological polar surface area (TPSA) is 50.0 Å². The number of hydrogen-bond acceptors (Lipinski definition) is 2. The van der Waals surface area contributed by atoms with Gasteiger partial charge in [0.15, 0.2) is 11.7 Å². The summed E-state index contributed by atoms with van der Waals surface area (Å²) in [7, 11) is 0. The molecule has 9 aromatic rings. The Bertz CT molecular complexity index is 3100. The zero-order chi connectivity index (χ0) is 40.1. The first kappa shape index (κ1) is 36.8. The lowest BCUT2D eigenvalue weighted by Gasteiger charge is -2.18. The van der Waals surface area contributed by atoms with Crippen LogP contribution in [0.1, 0.15) is 27.8 Å². The molecule has 4 nitrogen and oxygen atoms in total. The number of pyridine rings is 1. The molecule has 1 aromatic heterocycles. The fourth-order valence-electron chi connectivity index (χ4n) is 7.93. The molecule has 0 aliphatic rings. The van der Waals surface area contributed by atoms with Crippen molar-refractivity contribution in [3.05, 3.63) is 223 Å². The third-order valence-corrected chi connectivity index (χ3v) is 10.8. The maximum absolute atomic E-state index is 5.20. The highest BCUT2D eigenvalue weighted by atomic mass is 15.0. The van der Waals surface area contributed by atoms with Crippen molar-refractivity contribution < 1.29 is 0 Å². The Kier molecular flexibility index (Phi) is 10.2. The van der Waals surface area contributed by atoms with Crippen LogP contribution >= 0.6 is 0 Å². The molecule has 0 spiro atoms. The average Bonchev–Trinajstić information content (AvgIpc) is 3.31. The maximum atomic E-state index is 5.20. The summed E-state index contributed by atoms with van der Waals surface area (Å²) in [6.45, 7) is 12.8. The van der Waals surface area contributed by atoms with Gasteiger partial charge in [-0.1, -0.05) is 177 Å². The highest BCUT2D eigenvalue weighted by Gasteiger charge is 2.18. The van der Waals surface area contributed by atoms with Crippen molar-refractivity contribution in [2.45, 2.75) is 6.54 Å². The maximum Gasteiger partial charge on any atom is 0.161 e. The molecule has 9 rings (SSSR count). The van der Waals surface area contributed by atoms with Gasteiger partial charge in [0.1, 0.15) is 0 Å². The van der Waals surface area contributed by atoms with Crippen molar-refractivity contribution in [2.24, 2.45) is 15.0 Å². The van der Waals surface area contributed by atoms with Crippen LogP contribution in [0.4, 0.5) is 0 Å². The van der Waals surface area contributed by atoms with Gasteiger partial charge in [-0.05, 0) is 97.5 Å². The lowest BCUT2D eigenvalue weighted by Crippen LogP contribution is -2.06. The molecule has 0 fully saturated rings. The Morgan fingerprint density at radius 1 is 0.508 bits per heavy atom. The largest absolute Gasteiger partial charge is 0.261 e. The number of aliphatic imine (C=N–C) groups is 3. The Balaban J connectivity index is 1.28. The van der Waals surface area contributed by atoms with Crippen LogP contribution in [0.15, 0.2) is 210 Å². The molecule has 59 heavy (non-hydrogen) atoms. The zero-order valence-electron chi connectivity index (χ0n) is 32.6. The van der Waals surface area contributed by atoms with Crippen LogP contribution in [0, 0.1) is 0 Å². The molecular weight excluding hydrogens is 717 g/mol. The lowest BCUT2D eigenvalue weighted by molar-refractivity contribution is 1.06. The Morgan fingerprint density at radius 2 is 1.15 bits per heavy atom. The molecular formula is C55H40N4. The number of rotatable bonds is 9. The molecule has 0 saturated carbocycles. The quantitative estimate of drug-likeness (QED) is 0.0822. The second-order valence-electron chi connectivity index (χ2n) is 14.4. The minimum Gasteiger partial charge on any atom is -0.261 e. The molecule has 0 amide bonds. The second kappa shape index (κ2) is 16.3. The van der Waals surface area contributed by atoms with E-state index in [0.717, 1.165) is 93.8 Å². The van der Waals surface area contributed by atoms with Gasteiger partial charge in [-0.3, -0.25) is 4.99 Å². The van der Waals surface area contributed by atoms with Crippen molar-refractivity contribution in [2.75, 3.05) is 0 Å². The molecule has 4 heteroatoms. The summed E-state index contributed by atoms with van der Waals surface area (Å²) >= 11 is 0. The summed E-state index contributed by atoms with van der Waals surface area (Å²) < 4.78 is 0. The molecule has 0 unspecified atom stereocenters. The monoisotopic (exact) mass is 756 g/mol. The highest BCUT2D eigenvalue weighted by molar-refractivity contribution is 6.20. The van der Waals surface area contributed by atoms with Gasteiger partial charge < -0.3 is 0 Å². The van der Waals surface area contributed by atoms with Crippen molar-refractivity contribution in [1.29, 1.82) is 0 Å². The molecule has 0 bridgehead atoms. The van der Waals surface area contributed by atoms with Crippen LogP contribution in [-0.2, 0) is 6.54 Å². The third-order valence-electron chi connectivity index (χ3n) is 10.8. The van der Waals surface area contributed by atoms with Crippen molar-refractivity contribution in [3.63, 3.8) is 0 Å². The number of aromatic nitrogens is 1. The van der Waals surface area contributed by atoms with Gasteiger partial charge in [-0.2, -0.15) is 0 Å². The van der Waals surface area contributed by atoms with Gasteiger partial charge in [-0.25, -0.2) is 15.0 Å². The Morgan fingerprint density at radius 3 is 1.92 bits per heavy atom. The van der Waals surface area contributed by atoms with E-state index in [2.05, 4.69) is 146 Å². The summed E-state index contributed by atoms with van der Waals surface area (Å²) in [5.41, 5.74) is 12.1. The van der Waals surface area contributed by atoms with E-state index in [-0.39, 0.29) is 0 Å². The van der Waals surface area contributed by atoms with E-state index >= 15 is 0 Å². The normalized spacial score (nSPS) is 11.9. The van der Waals surface area contributed by atoms with Crippen LogP contribution in [-0.4, -0.2) is 23.4 Å². The number of benzene rings is 8. The standard InChI is InChI=1S/C55H40N4/c1-4-45-46(5-2)49-25-16-24-47(53(49)50-23-14-13-22-48(45)50)43-33-42(38-27-29-40(30-28-38)52-32-31-39-19-12-15-26-51(39)58-52)34-44(35-43)55(57-36-37-17-8-6-9-18-37)59-54(56-3)41-20-10-7-11-21-41/h4-35H,1-3,36H2. The first-order chi connectivity index (χ1) is 29.1. The van der Waals surface area contributed by atoms with Crippen molar-refractivity contribution in [3.8, 4) is 33.5 Å². The summed E-state index contributed by atoms with van der Waals surface area (Å²) in [6.07, 6.45) is 3.88. The van der Waals surface area contributed by atoms with E-state index in [4.69, 9.17) is 15.0 Å². The van der Waals surface area contributed by atoms with E-state index in [1.54, 1.807) is 0 Å². The van der Waals surface area contributed by atoms with E-state index in [1.807, 2.05) is 72.8 Å². The van der Waals surface area contributed by atoms with Crippen LogP contribution in [0.2, 0.25) is 0 Å². The third kappa shape index (κ3) is 7.32. The van der Waals surface area contributed by atoms with Gasteiger partial charge in [0.05, 0.1) is 17.8 Å². The minimum atomic E-state index is 0.442. The number of fused-ring (bicyclic) bond motifs is 4. The van der Waals surface area contributed by atoms with Gasteiger partial charge in [0.2, 0.25) is 0 Å². The molecule has 0 saturated heterocycles. The lowest BCUT2D eigenvalue weighted by atomic mass is 9.86. The minimum absolute atomic E-state index is 0.442. The van der Waals surface area contributed by atoms with Crippen molar-refractivity contribution in [1.82, 2.24) is 4.98 Å². The zero-order valence-corrected chi connectivity index (χ0v) is 32.6. The smallest absolute Gasteiger partial charge is 0.161 e. The predicted octanol–water partition coefficient (Wildman–Crippen LogP) is 13.9. The number of hydrogen-bond donors (Lipinski definition) is 0. The molecule has 280 valence electrons. The van der Waals surface area contributed by atoms with Gasteiger partial charge >= 0.3 is 0 Å². The Hall–Kier alpha value is -7.82. The predicted molar refractivity (Wildman–Crippen MR) is 252 cm³/mol. The van der Waals surface area contributed by atoms with Crippen LogP contribution in [0.5, 0.6) is 0 Å². The summed E-state index contributed by atoms with van der Waals surface area (Å²) in [6, 6.07) is 62.9. The van der Waals surface area contributed by atoms with E-state index < -0.39 is 0 Å². The van der Waals surface area contributed by atoms with Crippen LogP contribution in [0.3, 0.4) is 0 Å². The van der Waals surface area contributed by atoms with E-state index in [1.165, 1.54) is 0 Å². The molecule has 0 N–H and O–H groups in total. The van der Waals surface area contributed by atoms with E-state index in [9.17, 15) is 0 Å². The Labute approximate surface area is 344 Å². The summed E-state index contributed by atoms with van der Waals surface area (Å²) in [5, 5.41) is 5.66. The number of nitrogens with zero attached hydrogens (tertiary/aromatic N) is 4. The first-order valence-electron chi connectivity index (χ1n) is 19.7. The fraction of sp³-hybridized carbons (Fsp3) is 0.0182. The van der Waals surface area contributed by atoms with Gasteiger partial charge in [-0.15, -0.1) is 0 Å². The van der Waals surface area contributed by atoms with Gasteiger partial charge in [0, 0.05) is 22.1 Å². The number of amidine groups is 2. The molecule has 0 radical (unpaired) electrons. The molecule has 1 heterocycles. The van der Waals surface area contributed by atoms with Crippen LogP contribution in [0.25, 0.3) is 78.1 Å². The first-order valence-corrected chi connectivity index (χ1v) is 19.7. The summed E-state index contributed by atoms with van der Waals surface area (Å²) in [4.78, 5) is 19.7. The molecule has 8 aromatic carbocycles.